The van der Waals surface area contributed by atoms with Crippen LogP contribution < -0.4 is 9.62 Å². The fraction of sp³-hybridized carbons (Fsp3) is 0.417. The second-order valence-corrected chi connectivity index (χ2v) is 14.6. The number of likely N-dealkylation sites (tertiary alicyclic amines) is 1. The van der Waals surface area contributed by atoms with Crippen LogP contribution in [0.3, 0.4) is 0 Å². The maximum absolute atomic E-state index is 14.5. The van der Waals surface area contributed by atoms with Crippen LogP contribution in [0.4, 0.5) is 28.9 Å². The lowest BCUT2D eigenvalue weighted by atomic mass is 9.69. The van der Waals surface area contributed by atoms with Gasteiger partial charge in [-0.05, 0) is 117 Å². The van der Waals surface area contributed by atoms with Gasteiger partial charge in [0, 0.05) is 24.2 Å². The van der Waals surface area contributed by atoms with Crippen LogP contribution in [0.1, 0.15) is 67.6 Å². The number of piperidine rings is 1. The molecule has 1 saturated carbocycles. The van der Waals surface area contributed by atoms with E-state index >= 15 is 0 Å². The number of hydrogen-bond donors (Lipinski definition) is 2. The fourth-order valence-corrected chi connectivity index (χ4v) is 8.79. The number of amides is 1. The number of rotatable bonds is 8. The first kappa shape index (κ1) is 34.6. The zero-order chi connectivity index (χ0) is 33.9. The lowest BCUT2D eigenvalue weighted by Gasteiger charge is -2.35. The number of carboxylic acid groups (broad SMARTS) is 1. The summed E-state index contributed by atoms with van der Waals surface area (Å²) in [5.74, 6) is -5.11. The minimum absolute atomic E-state index is 0.272. The number of carbonyl (C=O) groups is 2. The predicted molar refractivity (Wildman–Crippen MR) is 180 cm³/mol. The van der Waals surface area contributed by atoms with E-state index in [-0.39, 0.29) is 17.1 Å². The molecule has 0 radical (unpaired) electrons. The Bertz CT molecular complexity index is 1630. The van der Waals surface area contributed by atoms with Gasteiger partial charge in [0.15, 0.2) is 0 Å². The van der Waals surface area contributed by atoms with Crippen molar-refractivity contribution in [2.75, 3.05) is 36.8 Å². The van der Waals surface area contributed by atoms with E-state index < -0.39 is 52.9 Å². The molecule has 0 bridgehead atoms. The first-order valence-corrected chi connectivity index (χ1v) is 17.2. The minimum atomic E-state index is -4.73. The Morgan fingerprint density at radius 1 is 1.00 bits per heavy atom. The maximum Gasteiger partial charge on any atom is 0.416 e. The lowest BCUT2D eigenvalue weighted by Crippen LogP contribution is -2.40. The van der Waals surface area contributed by atoms with Gasteiger partial charge in [-0.25, -0.2) is 4.39 Å². The number of likely N-dealkylation sites (N-methyl/N-ethyl adjacent to an activating group) is 1. The van der Waals surface area contributed by atoms with Crippen molar-refractivity contribution in [2.24, 2.45) is 11.8 Å². The molecule has 2 fully saturated rings. The summed E-state index contributed by atoms with van der Waals surface area (Å²) in [5, 5.41) is 14.8. The molecule has 5 rings (SSSR count). The number of halogens is 4. The Balaban J connectivity index is 1.32. The molecule has 6 nitrogen and oxygen atoms in total. The van der Waals surface area contributed by atoms with Crippen LogP contribution in [0, 0.1) is 17.7 Å². The molecular formula is C36H41F4N3O3S. The summed E-state index contributed by atoms with van der Waals surface area (Å²) in [7, 11) is 3.89. The van der Waals surface area contributed by atoms with E-state index in [2.05, 4.69) is 58.1 Å². The number of aliphatic carboxylic acids is 1. The van der Waals surface area contributed by atoms with Crippen molar-refractivity contribution in [2.45, 2.75) is 61.9 Å². The summed E-state index contributed by atoms with van der Waals surface area (Å²) in [6.45, 7) is 4.24. The first-order valence-electron chi connectivity index (χ1n) is 15.9. The molecule has 2 N–H and O–H groups in total. The highest BCUT2D eigenvalue weighted by molar-refractivity contribution is 8.16. The molecule has 2 aliphatic rings. The van der Waals surface area contributed by atoms with E-state index in [0.29, 0.717) is 30.9 Å². The second kappa shape index (κ2) is 14.6. The quantitative estimate of drug-likeness (QED) is 0.186. The highest BCUT2D eigenvalue weighted by Crippen LogP contribution is 2.44. The highest BCUT2D eigenvalue weighted by Gasteiger charge is 2.43. The average Bonchev–Trinajstić information content (AvgIpc) is 3.05. The highest BCUT2D eigenvalue weighted by atomic mass is 32.2. The number of nitrogens with one attached hydrogen (secondary N) is 1. The third-order valence-electron chi connectivity index (χ3n) is 9.47. The third-order valence-corrected chi connectivity index (χ3v) is 11.5. The molecule has 1 unspecified atom stereocenters. The standard InChI is InChI=1S/C36H41F4N3O3S/c1-4-47(28-10-5-8-24(20-28)25-9-7-19-42(2)22-25)43(3)27-16-13-23(14-17-27)29-11-6-12-30(33(29)35(45)46)34(44)41-32-18-15-26(21-31(32)37)36(38,39)40/h4-5,8,10,13-18,20-21,25,29-30,33H,6-7,9,11-12,19,22H2,1-3H3,(H,41,44)(H,45,46)/t25-,29-,30-,33-,47?/m1/s1. The van der Waals surface area contributed by atoms with Crippen LogP contribution in [-0.2, 0) is 15.8 Å². The number of anilines is 2. The summed E-state index contributed by atoms with van der Waals surface area (Å²) < 4.78 is 55.6. The van der Waals surface area contributed by atoms with Gasteiger partial charge in [0.2, 0.25) is 5.91 Å². The van der Waals surface area contributed by atoms with Gasteiger partial charge in [-0.3, -0.25) is 9.59 Å². The first-order chi connectivity index (χ1) is 22.4. The van der Waals surface area contributed by atoms with Crippen LogP contribution in [0.5, 0.6) is 0 Å². The summed E-state index contributed by atoms with van der Waals surface area (Å²) in [6, 6.07) is 18.4. The zero-order valence-corrected chi connectivity index (χ0v) is 27.6. The van der Waals surface area contributed by atoms with Gasteiger partial charge in [0.25, 0.3) is 0 Å². The van der Waals surface area contributed by atoms with Crippen molar-refractivity contribution in [1.29, 1.82) is 0 Å². The average molecular weight is 672 g/mol. The van der Waals surface area contributed by atoms with Gasteiger partial charge in [0.05, 0.1) is 23.1 Å². The number of hydrogen-bond acceptors (Lipinski definition) is 4. The molecule has 1 aliphatic heterocycles. The van der Waals surface area contributed by atoms with E-state index in [1.807, 2.05) is 31.3 Å². The van der Waals surface area contributed by atoms with Crippen molar-refractivity contribution >= 4 is 39.3 Å². The number of nitrogens with zero attached hydrogens (tertiary/aromatic N) is 2. The van der Waals surface area contributed by atoms with Crippen molar-refractivity contribution in [3.05, 3.63) is 89.2 Å². The smallest absolute Gasteiger partial charge is 0.416 e. The van der Waals surface area contributed by atoms with Crippen LogP contribution in [-0.4, -0.2) is 54.4 Å². The number of carbonyl (C=O) groups excluding carboxylic acids is 1. The summed E-state index contributed by atoms with van der Waals surface area (Å²) in [6.07, 6.45) is -0.955. The normalized spacial score (nSPS) is 22.9. The monoisotopic (exact) mass is 671 g/mol. The Labute approximate surface area is 275 Å². The van der Waals surface area contributed by atoms with Gasteiger partial charge in [-0.2, -0.15) is 13.2 Å². The van der Waals surface area contributed by atoms with Gasteiger partial charge in [-0.1, -0.05) is 41.4 Å². The molecule has 3 aromatic carbocycles. The molecule has 11 heteroatoms. The predicted octanol–water partition coefficient (Wildman–Crippen LogP) is 8.38. The third kappa shape index (κ3) is 7.89. The van der Waals surface area contributed by atoms with Crippen molar-refractivity contribution < 1.29 is 32.3 Å². The second-order valence-electron chi connectivity index (χ2n) is 12.5. The molecule has 1 aliphatic carbocycles. The molecule has 3 aromatic rings. The Morgan fingerprint density at radius 2 is 1.74 bits per heavy atom. The SMILES string of the molecule is C/C=S(/c1cccc([C@@H]2CCCN(C)C2)c1)N(C)c1ccc([C@H]2CCC[C@@H](C(=O)Nc3ccc(C(F)(F)F)cc3F)[C@@H]2C(=O)O)cc1. The molecular weight excluding hydrogens is 630 g/mol. The van der Waals surface area contributed by atoms with Crippen molar-refractivity contribution in [3.8, 4) is 0 Å². The van der Waals surface area contributed by atoms with Crippen LogP contribution in [0.2, 0.25) is 0 Å². The molecule has 5 atom stereocenters. The Hall–Kier alpha value is -3.70. The van der Waals surface area contributed by atoms with E-state index in [1.165, 1.54) is 23.3 Å². The lowest BCUT2D eigenvalue weighted by molar-refractivity contribution is -0.148. The molecule has 0 aromatic heterocycles. The minimum Gasteiger partial charge on any atom is -0.481 e. The van der Waals surface area contributed by atoms with Crippen LogP contribution >= 0.6 is 10.7 Å². The van der Waals surface area contributed by atoms with Gasteiger partial charge < -0.3 is 19.6 Å². The number of alkyl halides is 3. The summed E-state index contributed by atoms with van der Waals surface area (Å²) in [4.78, 5) is 29.4. The molecule has 1 amide bonds. The number of carboxylic acids is 1. The van der Waals surface area contributed by atoms with Crippen molar-refractivity contribution in [1.82, 2.24) is 4.90 Å². The van der Waals surface area contributed by atoms with Gasteiger partial charge in [-0.15, -0.1) is 0 Å². The van der Waals surface area contributed by atoms with E-state index in [4.69, 9.17) is 0 Å². The molecule has 252 valence electrons. The molecule has 0 spiro atoms. The van der Waals surface area contributed by atoms with Crippen molar-refractivity contribution in [3.63, 3.8) is 0 Å². The molecule has 1 heterocycles. The van der Waals surface area contributed by atoms with Crippen LogP contribution in [0.15, 0.2) is 71.6 Å². The van der Waals surface area contributed by atoms with E-state index in [1.54, 1.807) is 0 Å². The van der Waals surface area contributed by atoms with Crippen LogP contribution in [0.25, 0.3) is 0 Å². The zero-order valence-electron chi connectivity index (χ0n) is 26.8. The topological polar surface area (TPSA) is 72.9 Å². The largest absolute Gasteiger partial charge is 0.481 e. The maximum atomic E-state index is 14.5. The number of benzene rings is 3. The molecule has 47 heavy (non-hydrogen) atoms. The Kier molecular flexibility index (Phi) is 10.8. The summed E-state index contributed by atoms with van der Waals surface area (Å²) in [5.41, 5.74) is 1.52. The summed E-state index contributed by atoms with van der Waals surface area (Å²) >= 11 is 0. The molecule has 1 saturated heterocycles. The van der Waals surface area contributed by atoms with Gasteiger partial charge >= 0.3 is 12.1 Å². The fourth-order valence-electron chi connectivity index (χ4n) is 7.06. The van der Waals surface area contributed by atoms with E-state index in [0.717, 1.165) is 30.4 Å². The van der Waals surface area contributed by atoms with Gasteiger partial charge in [0.1, 0.15) is 5.82 Å². The van der Waals surface area contributed by atoms with E-state index in [9.17, 15) is 32.3 Å². The Morgan fingerprint density at radius 3 is 2.38 bits per heavy atom.